The lowest BCUT2D eigenvalue weighted by Crippen LogP contribution is -2.32. The first kappa shape index (κ1) is 12.4. The van der Waals surface area contributed by atoms with Crippen molar-refractivity contribution in [2.75, 3.05) is 11.4 Å². The van der Waals surface area contributed by atoms with Gasteiger partial charge in [-0.3, -0.25) is 4.90 Å². The summed E-state index contributed by atoms with van der Waals surface area (Å²) in [6, 6.07) is 7.69. The predicted molar refractivity (Wildman–Crippen MR) is 52.5 cm³/mol. The number of hydrogen-bond donors (Lipinski definition) is 1. The Kier molecular flexibility index (Phi) is 3.76. The van der Waals surface area contributed by atoms with Gasteiger partial charge in [0.1, 0.15) is 0 Å². The highest BCUT2D eigenvalue weighted by atomic mass is 19.4. The standard InChI is InChI=1S/C10H10F3NO2/c11-10(12,13)6-7-14(9(15)16)8-4-2-1-3-5-8/h1-5H,6-7H2,(H,15,16). The second-order valence-electron chi connectivity index (χ2n) is 3.13. The van der Waals surface area contributed by atoms with E-state index in [9.17, 15) is 18.0 Å². The van der Waals surface area contributed by atoms with Crippen LogP contribution in [0.1, 0.15) is 6.42 Å². The van der Waals surface area contributed by atoms with Gasteiger partial charge in [0, 0.05) is 12.2 Å². The minimum absolute atomic E-state index is 0.235. The van der Waals surface area contributed by atoms with Gasteiger partial charge in [0.25, 0.3) is 0 Å². The van der Waals surface area contributed by atoms with Gasteiger partial charge in [-0.15, -0.1) is 0 Å². The molecule has 6 heteroatoms. The molecule has 3 nitrogen and oxygen atoms in total. The third-order valence-corrected chi connectivity index (χ3v) is 1.92. The number of carbonyl (C=O) groups is 1. The first-order valence-corrected chi connectivity index (χ1v) is 4.52. The monoisotopic (exact) mass is 233 g/mol. The Morgan fingerprint density at radius 2 is 1.81 bits per heavy atom. The molecule has 0 aliphatic heterocycles. The topological polar surface area (TPSA) is 40.5 Å². The van der Waals surface area contributed by atoms with E-state index in [1.807, 2.05) is 0 Å². The Balaban J connectivity index is 2.74. The van der Waals surface area contributed by atoms with Gasteiger partial charge in [0.2, 0.25) is 0 Å². The summed E-state index contributed by atoms with van der Waals surface area (Å²) in [7, 11) is 0. The summed E-state index contributed by atoms with van der Waals surface area (Å²) in [5.41, 5.74) is 0.235. The molecule has 0 heterocycles. The molecule has 1 aromatic rings. The number of carboxylic acid groups (broad SMARTS) is 1. The van der Waals surface area contributed by atoms with Crippen LogP contribution in [0.4, 0.5) is 23.7 Å². The summed E-state index contributed by atoms with van der Waals surface area (Å²) in [5.74, 6) is 0. The van der Waals surface area contributed by atoms with E-state index in [1.54, 1.807) is 18.2 Å². The van der Waals surface area contributed by atoms with Crippen LogP contribution in [0.5, 0.6) is 0 Å². The van der Waals surface area contributed by atoms with Gasteiger partial charge in [-0.05, 0) is 12.1 Å². The van der Waals surface area contributed by atoms with Crippen molar-refractivity contribution in [2.24, 2.45) is 0 Å². The Labute approximate surface area is 90.1 Å². The number of benzene rings is 1. The number of nitrogens with zero attached hydrogens (tertiary/aromatic N) is 1. The van der Waals surface area contributed by atoms with Gasteiger partial charge in [-0.25, -0.2) is 4.79 Å². The van der Waals surface area contributed by atoms with E-state index in [0.29, 0.717) is 4.90 Å². The van der Waals surface area contributed by atoms with Crippen LogP contribution in [0.2, 0.25) is 0 Å². The Morgan fingerprint density at radius 3 is 2.25 bits per heavy atom. The second kappa shape index (κ2) is 4.87. The highest BCUT2D eigenvalue weighted by molar-refractivity contribution is 5.85. The van der Waals surface area contributed by atoms with E-state index in [-0.39, 0.29) is 5.69 Å². The van der Waals surface area contributed by atoms with Gasteiger partial charge >= 0.3 is 12.3 Å². The summed E-state index contributed by atoms with van der Waals surface area (Å²) >= 11 is 0. The van der Waals surface area contributed by atoms with E-state index < -0.39 is 25.2 Å². The van der Waals surface area contributed by atoms with Gasteiger partial charge in [0.15, 0.2) is 0 Å². The van der Waals surface area contributed by atoms with E-state index in [1.165, 1.54) is 12.1 Å². The average molecular weight is 233 g/mol. The number of halogens is 3. The molecule has 0 fully saturated rings. The molecular weight excluding hydrogens is 223 g/mol. The molecule has 0 spiro atoms. The molecule has 0 aromatic heterocycles. The molecule has 1 N–H and O–H groups in total. The quantitative estimate of drug-likeness (QED) is 0.871. The average Bonchev–Trinajstić information content (AvgIpc) is 2.17. The molecular formula is C10H10F3NO2. The maximum absolute atomic E-state index is 12.0. The lowest BCUT2D eigenvalue weighted by molar-refractivity contribution is -0.132. The van der Waals surface area contributed by atoms with Crippen molar-refractivity contribution in [1.29, 1.82) is 0 Å². The zero-order chi connectivity index (χ0) is 12.2. The van der Waals surface area contributed by atoms with E-state index >= 15 is 0 Å². The maximum Gasteiger partial charge on any atom is 0.411 e. The molecule has 0 atom stereocenters. The van der Waals surface area contributed by atoms with Crippen molar-refractivity contribution in [3.63, 3.8) is 0 Å². The lowest BCUT2D eigenvalue weighted by Gasteiger charge is -2.19. The Morgan fingerprint density at radius 1 is 1.25 bits per heavy atom. The van der Waals surface area contributed by atoms with Gasteiger partial charge in [-0.1, -0.05) is 18.2 Å². The smallest absolute Gasteiger partial charge is 0.411 e. The molecule has 1 aromatic carbocycles. The van der Waals surface area contributed by atoms with Gasteiger partial charge in [0.05, 0.1) is 6.42 Å². The highest BCUT2D eigenvalue weighted by Gasteiger charge is 2.29. The van der Waals surface area contributed by atoms with Crippen LogP contribution in [-0.4, -0.2) is 23.9 Å². The molecule has 0 radical (unpaired) electrons. The number of alkyl halides is 3. The van der Waals surface area contributed by atoms with Gasteiger partial charge in [-0.2, -0.15) is 13.2 Å². The fourth-order valence-electron chi connectivity index (χ4n) is 1.18. The first-order valence-electron chi connectivity index (χ1n) is 4.52. The molecule has 0 saturated heterocycles. The van der Waals surface area contributed by atoms with E-state index in [0.717, 1.165) is 0 Å². The third kappa shape index (κ3) is 3.80. The summed E-state index contributed by atoms with van der Waals surface area (Å²) in [4.78, 5) is 11.4. The van der Waals surface area contributed by atoms with Gasteiger partial charge < -0.3 is 5.11 Å². The summed E-state index contributed by atoms with van der Waals surface area (Å²) in [6.07, 6.45) is -6.91. The van der Waals surface area contributed by atoms with Crippen molar-refractivity contribution in [2.45, 2.75) is 12.6 Å². The molecule has 88 valence electrons. The van der Waals surface area contributed by atoms with Crippen LogP contribution in [0.3, 0.4) is 0 Å². The Bertz CT molecular complexity index is 351. The zero-order valence-electron chi connectivity index (χ0n) is 8.24. The predicted octanol–water partition coefficient (Wildman–Crippen LogP) is 3.12. The summed E-state index contributed by atoms with van der Waals surface area (Å²) in [5, 5.41) is 8.78. The van der Waals surface area contributed by atoms with Crippen molar-refractivity contribution in [3.8, 4) is 0 Å². The maximum atomic E-state index is 12.0. The normalized spacial score (nSPS) is 11.2. The molecule has 0 aliphatic carbocycles. The summed E-state index contributed by atoms with van der Waals surface area (Å²) < 4.78 is 35.9. The van der Waals surface area contributed by atoms with Crippen LogP contribution < -0.4 is 4.90 Å². The molecule has 16 heavy (non-hydrogen) atoms. The van der Waals surface area contributed by atoms with Crippen molar-refractivity contribution in [1.82, 2.24) is 0 Å². The Hall–Kier alpha value is -1.72. The number of amides is 1. The largest absolute Gasteiger partial charge is 0.465 e. The van der Waals surface area contributed by atoms with Crippen LogP contribution in [0.15, 0.2) is 30.3 Å². The van der Waals surface area contributed by atoms with Crippen LogP contribution in [0, 0.1) is 0 Å². The SMILES string of the molecule is O=C(O)N(CCC(F)(F)F)c1ccccc1. The highest BCUT2D eigenvalue weighted by Crippen LogP contribution is 2.22. The van der Waals surface area contributed by atoms with Crippen molar-refractivity contribution < 1.29 is 23.1 Å². The van der Waals surface area contributed by atoms with Crippen molar-refractivity contribution in [3.05, 3.63) is 30.3 Å². The molecule has 1 amide bonds. The minimum Gasteiger partial charge on any atom is -0.465 e. The summed E-state index contributed by atoms with van der Waals surface area (Å²) in [6.45, 7) is -0.594. The number of rotatable bonds is 3. The van der Waals surface area contributed by atoms with Crippen molar-refractivity contribution >= 4 is 11.8 Å². The number of para-hydroxylation sites is 1. The number of hydrogen-bond acceptors (Lipinski definition) is 1. The van der Waals surface area contributed by atoms with Crippen LogP contribution in [-0.2, 0) is 0 Å². The third-order valence-electron chi connectivity index (χ3n) is 1.92. The lowest BCUT2D eigenvalue weighted by atomic mass is 10.3. The number of anilines is 1. The van der Waals surface area contributed by atoms with E-state index in [2.05, 4.69) is 0 Å². The molecule has 0 bridgehead atoms. The molecule has 0 unspecified atom stereocenters. The van der Waals surface area contributed by atoms with E-state index in [4.69, 9.17) is 5.11 Å². The minimum atomic E-state index is -4.36. The molecule has 0 aliphatic rings. The second-order valence-corrected chi connectivity index (χ2v) is 3.13. The zero-order valence-corrected chi connectivity index (χ0v) is 8.24. The molecule has 0 saturated carbocycles. The molecule has 1 rings (SSSR count). The van der Waals surface area contributed by atoms with Crippen LogP contribution >= 0.6 is 0 Å². The fourth-order valence-corrected chi connectivity index (χ4v) is 1.18. The first-order chi connectivity index (χ1) is 7.40. The van der Waals surface area contributed by atoms with Crippen LogP contribution in [0.25, 0.3) is 0 Å². The fraction of sp³-hybridized carbons (Fsp3) is 0.300.